The number of Topliss-reactive ketones (excluding diaryl/α,β-unsaturated/α-hetero) is 1. The number of rotatable bonds is 6. The fraction of sp³-hybridized carbons (Fsp3) is 0.261. The minimum absolute atomic E-state index is 0.0149. The van der Waals surface area contributed by atoms with Crippen molar-refractivity contribution in [1.82, 2.24) is 0 Å². The number of ether oxygens (including phenoxy) is 1. The van der Waals surface area contributed by atoms with Crippen molar-refractivity contribution < 1.29 is 13.9 Å². The molecule has 2 nitrogen and oxygen atoms in total. The van der Waals surface area contributed by atoms with Crippen LogP contribution < -0.4 is 4.74 Å². The average Bonchev–Trinajstić information content (AvgIpc) is 2.98. The highest BCUT2D eigenvalue weighted by Gasteiger charge is 2.26. The van der Waals surface area contributed by atoms with E-state index in [0.29, 0.717) is 23.1 Å². The highest BCUT2D eigenvalue weighted by atomic mass is 19.1. The lowest BCUT2D eigenvalue weighted by molar-refractivity contribution is 0.101. The number of methoxy groups -OCH3 is 1. The molecule has 3 heteroatoms. The summed E-state index contributed by atoms with van der Waals surface area (Å²) in [5.41, 5.74) is 4.90. The van der Waals surface area contributed by atoms with E-state index in [4.69, 9.17) is 4.74 Å². The van der Waals surface area contributed by atoms with E-state index >= 15 is 4.39 Å². The molecule has 134 valence electrons. The van der Waals surface area contributed by atoms with Crippen molar-refractivity contribution in [1.29, 1.82) is 0 Å². The number of carbonyl (C=O) groups is 1. The molecule has 2 aromatic rings. The molecule has 0 saturated heterocycles. The third-order valence-electron chi connectivity index (χ3n) is 4.80. The van der Waals surface area contributed by atoms with Gasteiger partial charge in [-0.05, 0) is 48.6 Å². The molecule has 0 fully saturated rings. The van der Waals surface area contributed by atoms with E-state index in [1.165, 1.54) is 6.92 Å². The van der Waals surface area contributed by atoms with Crippen LogP contribution in [-0.2, 0) is 0 Å². The first-order chi connectivity index (χ1) is 12.5. The van der Waals surface area contributed by atoms with Gasteiger partial charge in [0.2, 0.25) is 0 Å². The van der Waals surface area contributed by atoms with Gasteiger partial charge >= 0.3 is 0 Å². The molecular weight excluding hydrogens is 327 g/mol. The standard InChI is InChI=1S/C23H23FO2/c1-4-5-19-14-21(17-8-6-16(7-9-17)15(2)25)23(24)22(19)18-10-12-20(26-3)13-11-18/h6-13H,4-5,14H2,1-3H3. The Morgan fingerprint density at radius 3 is 2.19 bits per heavy atom. The lowest BCUT2D eigenvalue weighted by atomic mass is 9.98. The molecule has 0 radical (unpaired) electrons. The molecule has 0 aromatic heterocycles. The van der Waals surface area contributed by atoms with E-state index in [1.807, 2.05) is 36.4 Å². The van der Waals surface area contributed by atoms with Crippen LogP contribution in [0, 0.1) is 0 Å². The number of halogens is 1. The Labute approximate surface area is 154 Å². The monoisotopic (exact) mass is 350 g/mol. The van der Waals surface area contributed by atoms with E-state index in [2.05, 4.69) is 6.92 Å². The van der Waals surface area contributed by atoms with Gasteiger partial charge in [-0.1, -0.05) is 55.3 Å². The lowest BCUT2D eigenvalue weighted by Crippen LogP contribution is -1.92. The summed E-state index contributed by atoms with van der Waals surface area (Å²) in [6, 6.07) is 14.7. The molecule has 0 heterocycles. The van der Waals surface area contributed by atoms with E-state index < -0.39 is 0 Å². The number of hydrogen-bond acceptors (Lipinski definition) is 2. The van der Waals surface area contributed by atoms with Gasteiger partial charge in [0.1, 0.15) is 11.6 Å². The van der Waals surface area contributed by atoms with Gasteiger partial charge < -0.3 is 4.74 Å². The molecule has 0 unspecified atom stereocenters. The molecule has 0 spiro atoms. The molecule has 1 aliphatic rings. The number of benzene rings is 2. The first kappa shape index (κ1) is 18.1. The van der Waals surface area contributed by atoms with Gasteiger partial charge in [-0.3, -0.25) is 4.79 Å². The van der Waals surface area contributed by atoms with Crippen molar-refractivity contribution in [2.24, 2.45) is 0 Å². The topological polar surface area (TPSA) is 26.3 Å². The smallest absolute Gasteiger partial charge is 0.159 e. The van der Waals surface area contributed by atoms with E-state index in [-0.39, 0.29) is 11.6 Å². The van der Waals surface area contributed by atoms with E-state index in [1.54, 1.807) is 19.2 Å². The van der Waals surface area contributed by atoms with Crippen LogP contribution in [0.4, 0.5) is 4.39 Å². The maximum Gasteiger partial charge on any atom is 0.159 e. The molecule has 26 heavy (non-hydrogen) atoms. The van der Waals surface area contributed by atoms with Crippen molar-refractivity contribution in [3.63, 3.8) is 0 Å². The highest BCUT2D eigenvalue weighted by molar-refractivity contribution is 5.97. The van der Waals surface area contributed by atoms with E-state index in [9.17, 15) is 4.79 Å². The number of ketones is 1. The van der Waals surface area contributed by atoms with Gasteiger partial charge in [-0.15, -0.1) is 0 Å². The lowest BCUT2D eigenvalue weighted by Gasteiger charge is -2.08. The number of hydrogen-bond donors (Lipinski definition) is 0. The Balaban J connectivity index is 2.00. The van der Waals surface area contributed by atoms with E-state index in [0.717, 1.165) is 35.3 Å². The zero-order chi connectivity index (χ0) is 18.7. The van der Waals surface area contributed by atoms with Crippen molar-refractivity contribution >= 4 is 16.9 Å². The summed E-state index contributed by atoms with van der Waals surface area (Å²) in [4.78, 5) is 11.5. The number of allylic oxidation sites excluding steroid dienone is 4. The quantitative estimate of drug-likeness (QED) is 0.577. The van der Waals surface area contributed by atoms with Crippen molar-refractivity contribution in [3.8, 4) is 5.75 Å². The Morgan fingerprint density at radius 2 is 1.65 bits per heavy atom. The van der Waals surface area contributed by atoms with Gasteiger partial charge in [-0.2, -0.15) is 0 Å². The SMILES string of the molecule is CCCC1=C(c2ccc(OC)cc2)C(F)=C(c2ccc(C(C)=O)cc2)C1. The second-order valence-corrected chi connectivity index (χ2v) is 6.56. The molecule has 1 aliphatic carbocycles. The molecule has 3 rings (SSSR count). The van der Waals surface area contributed by atoms with Gasteiger partial charge in [0.05, 0.1) is 7.11 Å². The Hall–Kier alpha value is -2.68. The molecule has 0 N–H and O–H groups in total. The fourth-order valence-corrected chi connectivity index (χ4v) is 3.42. The second kappa shape index (κ2) is 7.69. The molecule has 0 bridgehead atoms. The summed E-state index contributed by atoms with van der Waals surface area (Å²) in [5, 5.41) is 0. The van der Waals surface area contributed by atoms with Gasteiger partial charge in [-0.25, -0.2) is 4.39 Å². The molecular formula is C23H23FO2. The van der Waals surface area contributed by atoms with Crippen LogP contribution >= 0.6 is 0 Å². The third kappa shape index (κ3) is 3.48. The largest absolute Gasteiger partial charge is 0.497 e. The highest BCUT2D eigenvalue weighted by Crippen LogP contribution is 2.45. The summed E-state index contributed by atoms with van der Waals surface area (Å²) in [6.07, 6.45) is 2.45. The Morgan fingerprint density at radius 1 is 1.04 bits per heavy atom. The minimum atomic E-state index is -0.158. The molecule has 0 amide bonds. The maximum atomic E-state index is 15.4. The van der Waals surface area contributed by atoms with Gasteiger partial charge in [0.25, 0.3) is 0 Å². The van der Waals surface area contributed by atoms with Crippen LogP contribution in [0.5, 0.6) is 5.75 Å². The predicted molar refractivity (Wildman–Crippen MR) is 104 cm³/mol. The summed E-state index contributed by atoms with van der Waals surface area (Å²) in [7, 11) is 1.62. The van der Waals surface area contributed by atoms with Crippen molar-refractivity contribution in [2.75, 3.05) is 7.11 Å². The van der Waals surface area contributed by atoms with Gasteiger partial charge in [0, 0.05) is 11.1 Å². The zero-order valence-electron chi connectivity index (χ0n) is 15.4. The summed E-state index contributed by atoms with van der Waals surface area (Å²) < 4.78 is 20.6. The molecule has 0 aliphatic heterocycles. The van der Waals surface area contributed by atoms with Crippen LogP contribution in [0.15, 0.2) is 59.9 Å². The van der Waals surface area contributed by atoms with Crippen LogP contribution in [0.2, 0.25) is 0 Å². The first-order valence-electron chi connectivity index (χ1n) is 8.92. The fourth-order valence-electron chi connectivity index (χ4n) is 3.42. The average molecular weight is 350 g/mol. The minimum Gasteiger partial charge on any atom is -0.497 e. The second-order valence-electron chi connectivity index (χ2n) is 6.56. The van der Waals surface area contributed by atoms with Gasteiger partial charge in [0.15, 0.2) is 5.78 Å². The Kier molecular flexibility index (Phi) is 5.36. The van der Waals surface area contributed by atoms with Crippen molar-refractivity contribution in [2.45, 2.75) is 33.1 Å². The number of carbonyl (C=O) groups excluding carboxylic acids is 1. The first-order valence-corrected chi connectivity index (χ1v) is 8.92. The van der Waals surface area contributed by atoms with Crippen LogP contribution in [0.3, 0.4) is 0 Å². The summed E-state index contributed by atoms with van der Waals surface area (Å²) >= 11 is 0. The van der Waals surface area contributed by atoms with Crippen LogP contribution in [0.25, 0.3) is 11.1 Å². The summed E-state index contributed by atoms with van der Waals surface area (Å²) in [5.74, 6) is 0.615. The van der Waals surface area contributed by atoms with Crippen LogP contribution in [-0.4, -0.2) is 12.9 Å². The van der Waals surface area contributed by atoms with Crippen molar-refractivity contribution in [3.05, 3.63) is 76.6 Å². The van der Waals surface area contributed by atoms with Crippen LogP contribution in [0.1, 0.15) is 54.6 Å². The third-order valence-corrected chi connectivity index (χ3v) is 4.80. The maximum absolute atomic E-state index is 15.4. The summed E-state index contributed by atoms with van der Waals surface area (Å²) in [6.45, 7) is 3.64. The molecule has 2 aromatic carbocycles. The normalized spacial score (nSPS) is 14.2. The molecule has 0 atom stereocenters. The zero-order valence-corrected chi connectivity index (χ0v) is 15.4. The Bertz CT molecular complexity index is 871. The molecule has 0 saturated carbocycles. The predicted octanol–water partition coefficient (Wildman–Crippen LogP) is 6.24.